The Morgan fingerprint density at radius 2 is 1.87 bits per heavy atom. The molecular weight excluding hydrogens is 250 g/mol. The van der Waals surface area contributed by atoms with E-state index in [1.54, 1.807) is 0 Å². The Kier molecular flexibility index (Phi) is 3.17. The fourth-order valence-corrected chi connectivity index (χ4v) is 3.11. The van der Waals surface area contributed by atoms with Gasteiger partial charge in [-0.25, -0.2) is 0 Å². The fourth-order valence-electron chi connectivity index (χ4n) is 2.64. The second-order valence-electron chi connectivity index (χ2n) is 4.68. The highest BCUT2D eigenvalue weighted by Crippen LogP contribution is 2.36. The van der Waals surface area contributed by atoms with Gasteiger partial charge in [0.15, 0.2) is 0 Å². The van der Waals surface area contributed by atoms with Gasteiger partial charge in [-0.2, -0.15) is 0 Å². The largest absolute Gasteiger partial charge is 0.321 e. The van der Waals surface area contributed by atoms with Crippen LogP contribution < -0.4 is 5.73 Å². The van der Waals surface area contributed by atoms with Crippen LogP contribution in [0.25, 0.3) is 0 Å². The summed E-state index contributed by atoms with van der Waals surface area (Å²) in [5.41, 5.74) is 9.10. The molecule has 0 unspecified atom stereocenters. The molecule has 0 heterocycles. The zero-order valence-corrected chi connectivity index (χ0v) is 10.8. The van der Waals surface area contributed by atoms with Gasteiger partial charge in [-0.15, -0.1) is 0 Å². The predicted octanol–water partition coefficient (Wildman–Crippen LogP) is 3.88. The second-order valence-corrected chi connectivity index (χ2v) is 5.59. The van der Waals surface area contributed by atoms with Crippen molar-refractivity contribution in [2.75, 3.05) is 0 Å². The third kappa shape index (κ3) is 2.26. The van der Waals surface area contributed by atoms with Crippen molar-refractivity contribution in [1.29, 1.82) is 0 Å². The first-order valence-corrected chi connectivity index (χ1v) is 6.47. The van der Waals surface area contributed by atoms with E-state index in [0.29, 0.717) is 0 Å². The van der Waals surface area contributed by atoms with Gasteiger partial charge in [0.25, 0.3) is 0 Å². The molecule has 0 aliphatic heterocycles. The summed E-state index contributed by atoms with van der Waals surface area (Å²) in [7, 11) is 0. The standard InChI is InChI=1S/C13H18BrN/c1-10-9-11(14)5-6-12(10)13(15)7-3-2-4-8-13/h5-6,9H,2-4,7-8,15H2,1H3. The smallest absolute Gasteiger partial charge is 0.0412 e. The van der Waals surface area contributed by atoms with Crippen LogP contribution in [-0.4, -0.2) is 0 Å². The SMILES string of the molecule is Cc1cc(Br)ccc1C1(N)CCCCC1. The molecule has 1 saturated carbocycles. The zero-order valence-electron chi connectivity index (χ0n) is 9.22. The molecule has 0 spiro atoms. The molecule has 2 heteroatoms. The molecule has 1 aliphatic rings. The third-order valence-electron chi connectivity index (χ3n) is 3.47. The Labute approximate surface area is 100 Å². The first kappa shape index (κ1) is 11.2. The highest BCUT2D eigenvalue weighted by Gasteiger charge is 2.30. The minimum absolute atomic E-state index is 0.0664. The van der Waals surface area contributed by atoms with Crippen molar-refractivity contribution < 1.29 is 0 Å². The molecule has 1 aromatic carbocycles. The van der Waals surface area contributed by atoms with Crippen molar-refractivity contribution in [2.45, 2.75) is 44.6 Å². The van der Waals surface area contributed by atoms with E-state index in [-0.39, 0.29) is 5.54 Å². The molecule has 1 aliphatic carbocycles. The lowest BCUT2D eigenvalue weighted by atomic mass is 9.76. The van der Waals surface area contributed by atoms with Crippen LogP contribution in [0.4, 0.5) is 0 Å². The molecule has 0 bridgehead atoms. The maximum atomic E-state index is 6.52. The molecule has 0 amide bonds. The summed E-state index contributed by atoms with van der Waals surface area (Å²) in [4.78, 5) is 0. The molecular formula is C13H18BrN. The summed E-state index contributed by atoms with van der Waals surface area (Å²) >= 11 is 3.50. The molecule has 2 rings (SSSR count). The molecule has 0 saturated heterocycles. The van der Waals surface area contributed by atoms with Crippen LogP contribution in [0.5, 0.6) is 0 Å². The van der Waals surface area contributed by atoms with Crippen molar-refractivity contribution in [3.63, 3.8) is 0 Å². The molecule has 82 valence electrons. The number of aryl methyl sites for hydroxylation is 1. The van der Waals surface area contributed by atoms with Crippen molar-refractivity contribution in [1.82, 2.24) is 0 Å². The summed E-state index contributed by atoms with van der Waals surface area (Å²) < 4.78 is 1.14. The van der Waals surface area contributed by atoms with Gasteiger partial charge in [0, 0.05) is 10.0 Å². The first-order chi connectivity index (χ1) is 7.12. The number of nitrogens with two attached hydrogens (primary N) is 1. The average molecular weight is 268 g/mol. The lowest BCUT2D eigenvalue weighted by Gasteiger charge is -2.35. The van der Waals surface area contributed by atoms with Gasteiger partial charge >= 0.3 is 0 Å². The summed E-state index contributed by atoms with van der Waals surface area (Å²) in [5.74, 6) is 0. The Balaban J connectivity index is 2.35. The lowest BCUT2D eigenvalue weighted by Crippen LogP contribution is -2.39. The topological polar surface area (TPSA) is 26.0 Å². The quantitative estimate of drug-likeness (QED) is 0.821. The normalized spacial score (nSPS) is 20.2. The van der Waals surface area contributed by atoms with Gasteiger partial charge in [0.05, 0.1) is 0 Å². The van der Waals surface area contributed by atoms with Crippen LogP contribution in [0.15, 0.2) is 22.7 Å². The van der Waals surface area contributed by atoms with Crippen LogP contribution in [0, 0.1) is 6.92 Å². The predicted molar refractivity (Wildman–Crippen MR) is 67.8 cm³/mol. The highest BCUT2D eigenvalue weighted by atomic mass is 79.9. The Bertz CT molecular complexity index is 354. The van der Waals surface area contributed by atoms with Gasteiger partial charge < -0.3 is 5.73 Å². The van der Waals surface area contributed by atoms with Crippen LogP contribution >= 0.6 is 15.9 Å². The van der Waals surface area contributed by atoms with E-state index in [2.05, 4.69) is 41.1 Å². The fraction of sp³-hybridized carbons (Fsp3) is 0.538. The van der Waals surface area contributed by atoms with E-state index >= 15 is 0 Å². The number of hydrogen-bond donors (Lipinski definition) is 1. The minimum Gasteiger partial charge on any atom is -0.321 e. The lowest BCUT2D eigenvalue weighted by molar-refractivity contribution is 0.301. The Morgan fingerprint density at radius 3 is 2.47 bits per heavy atom. The minimum atomic E-state index is -0.0664. The van der Waals surface area contributed by atoms with Crippen molar-refractivity contribution in [2.24, 2.45) is 5.73 Å². The molecule has 1 nitrogen and oxygen atoms in total. The summed E-state index contributed by atoms with van der Waals surface area (Å²) in [6.45, 7) is 2.16. The van der Waals surface area contributed by atoms with Gasteiger partial charge in [-0.1, -0.05) is 41.3 Å². The maximum Gasteiger partial charge on any atom is 0.0412 e. The van der Waals surface area contributed by atoms with Crippen molar-refractivity contribution >= 4 is 15.9 Å². The number of rotatable bonds is 1. The van der Waals surface area contributed by atoms with Crippen LogP contribution in [0.1, 0.15) is 43.2 Å². The Morgan fingerprint density at radius 1 is 1.20 bits per heavy atom. The van der Waals surface area contributed by atoms with Crippen LogP contribution in [0.3, 0.4) is 0 Å². The van der Waals surface area contributed by atoms with E-state index < -0.39 is 0 Å². The third-order valence-corrected chi connectivity index (χ3v) is 3.96. The molecule has 2 N–H and O–H groups in total. The van der Waals surface area contributed by atoms with E-state index in [1.807, 2.05) is 0 Å². The summed E-state index contributed by atoms with van der Waals surface area (Å²) in [6.07, 6.45) is 6.15. The summed E-state index contributed by atoms with van der Waals surface area (Å²) in [5, 5.41) is 0. The number of hydrogen-bond acceptors (Lipinski definition) is 1. The van der Waals surface area contributed by atoms with Gasteiger partial charge in [0.1, 0.15) is 0 Å². The summed E-state index contributed by atoms with van der Waals surface area (Å²) in [6, 6.07) is 6.45. The van der Waals surface area contributed by atoms with E-state index in [9.17, 15) is 0 Å². The van der Waals surface area contributed by atoms with Crippen molar-refractivity contribution in [3.05, 3.63) is 33.8 Å². The number of benzene rings is 1. The molecule has 0 radical (unpaired) electrons. The molecule has 1 aromatic rings. The van der Waals surface area contributed by atoms with Crippen LogP contribution in [0.2, 0.25) is 0 Å². The van der Waals surface area contributed by atoms with E-state index in [1.165, 1.54) is 30.4 Å². The molecule has 0 aromatic heterocycles. The van der Waals surface area contributed by atoms with Gasteiger partial charge in [0.2, 0.25) is 0 Å². The van der Waals surface area contributed by atoms with Gasteiger partial charge in [-0.3, -0.25) is 0 Å². The molecule has 15 heavy (non-hydrogen) atoms. The van der Waals surface area contributed by atoms with Crippen molar-refractivity contribution in [3.8, 4) is 0 Å². The first-order valence-electron chi connectivity index (χ1n) is 5.67. The van der Waals surface area contributed by atoms with Crippen LogP contribution in [-0.2, 0) is 5.54 Å². The van der Waals surface area contributed by atoms with E-state index in [4.69, 9.17) is 5.73 Å². The van der Waals surface area contributed by atoms with E-state index in [0.717, 1.165) is 17.3 Å². The molecule has 1 fully saturated rings. The monoisotopic (exact) mass is 267 g/mol. The zero-order chi connectivity index (χ0) is 10.9. The maximum absolute atomic E-state index is 6.52. The number of halogens is 1. The van der Waals surface area contributed by atoms with Gasteiger partial charge in [-0.05, 0) is 43.0 Å². The second kappa shape index (κ2) is 4.26. The highest BCUT2D eigenvalue weighted by molar-refractivity contribution is 9.10. The molecule has 0 atom stereocenters. The Hall–Kier alpha value is -0.340. The average Bonchev–Trinajstić information content (AvgIpc) is 2.18.